The van der Waals surface area contributed by atoms with E-state index in [2.05, 4.69) is 100 Å². The van der Waals surface area contributed by atoms with Crippen LogP contribution in [0.4, 0.5) is 0 Å². The maximum atomic E-state index is 2.69. The summed E-state index contributed by atoms with van der Waals surface area (Å²) >= 11 is 8.37. The SMILES string of the molecule is Cc1cc2c(s1)-c1sc([Si](C)(C)C)cc1[Si]21c2cc(C)sc2-c2sc([Si](C)(C)C)cc21. The van der Waals surface area contributed by atoms with Crippen molar-refractivity contribution in [3.63, 3.8) is 0 Å². The van der Waals surface area contributed by atoms with E-state index in [9.17, 15) is 0 Å². The molecule has 160 valence electrons. The number of thiophene rings is 4. The summed E-state index contributed by atoms with van der Waals surface area (Å²) in [5.41, 5.74) is 0. The van der Waals surface area contributed by atoms with Crippen LogP contribution in [0.5, 0.6) is 0 Å². The van der Waals surface area contributed by atoms with Crippen molar-refractivity contribution in [3.05, 3.63) is 34.0 Å². The fraction of sp³-hybridized carbons (Fsp3) is 0.333. The van der Waals surface area contributed by atoms with Crippen molar-refractivity contribution in [2.24, 2.45) is 0 Å². The Morgan fingerprint density at radius 1 is 0.516 bits per heavy atom. The molecule has 6 heterocycles. The van der Waals surface area contributed by atoms with Crippen LogP contribution in [0, 0.1) is 13.8 Å². The van der Waals surface area contributed by atoms with Crippen molar-refractivity contribution in [2.75, 3.05) is 0 Å². The molecular weight excluding hydrogens is 501 g/mol. The van der Waals surface area contributed by atoms with Gasteiger partial charge < -0.3 is 0 Å². The van der Waals surface area contributed by atoms with Crippen LogP contribution in [0.3, 0.4) is 0 Å². The second kappa shape index (κ2) is 6.31. The predicted octanol–water partition coefficient (Wildman–Crippen LogP) is 4.98. The largest absolute Gasteiger partial charge is 0.185 e. The summed E-state index contributed by atoms with van der Waals surface area (Å²) in [5.74, 6) is 0. The Bertz CT molecular complexity index is 1270. The number of aryl methyl sites for hydroxylation is 2. The first-order valence-corrected chi connectivity index (χ1v) is 23.2. The normalized spacial score (nSPS) is 16.0. The van der Waals surface area contributed by atoms with Gasteiger partial charge in [0.05, 0.1) is 16.1 Å². The van der Waals surface area contributed by atoms with Crippen LogP contribution >= 0.6 is 45.3 Å². The number of fused-ring (bicyclic) bond motifs is 10. The Balaban J connectivity index is 1.77. The van der Waals surface area contributed by atoms with Crippen molar-refractivity contribution in [1.82, 2.24) is 0 Å². The quantitative estimate of drug-likeness (QED) is 0.278. The summed E-state index contributed by atoms with van der Waals surface area (Å²) < 4.78 is 3.37. The van der Waals surface area contributed by atoms with Crippen LogP contribution in [0.1, 0.15) is 9.75 Å². The molecule has 2 aliphatic heterocycles. The topological polar surface area (TPSA) is 0 Å². The molecule has 6 rings (SSSR count). The van der Waals surface area contributed by atoms with Gasteiger partial charge in [0, 0.05) is 29.3 Å². The first kappa shape index (κ1) is 21.0. The molecule has 0 fully saturated rings. The lowest BCUT2D eigenvalue weighted by Crippen LogP contribution is -2.70. The fourth-order valence-electron chi connectivity index (χ4n) is 5.21. The van der Waals surface area contributed by atoms with Gasteiger partial charge in [0.15, 0.2) is 8.07 Å². The van der Waals surface area contributed by atoms with Gasteiger partial charge in [0.1, 0.15) is 0 Å². The van der Waals surface area contributed by atoms with E-state index in [1.807, 2.05) is 22.7 Å². The zero-order valence-corrected chi connectivity index (χ0v) is 25.7. The summed E-state index contributed by atoms with van der Waals surface area (Å²) in [6.45, 7) is 19.7. The Hall–Kier alpha value is -0.549. The molecule has 0 unspecified atom stereocenters. The zero-order valence-electron chi connectivity index (χ0n) is 19.4. The highest BCUT2D eigenvalue weighted by molar-refractivity contribution is 7.42. The molecular formula is C24H28S4Si3. The first-order valence-electron chi connectivity index (χ1n) is 10.9. The van der Waals surface area contributed by atoms with Gasteiger partial charge in [-0.1, -0.05) is 51.4 Å². The van der Waals surface area contributed by atoms with Crippen molar-refractivity contribution in [2.45, 2.75) is 53.1 Å². The van der Waals surface area contributed by atoms with Gasteiger partial charge in [-0.25, -0.2) is 0 Å². The molecule has 0 nitrogen and oxygen atoms in total. The molecule has 2 aliphatic rings. The Morgan fingerprint density at radius 2 is 0.839 bits per heavy atom. The highest BCUT2D eigenvalue weighted by atomic mass is 32.1. The summed E-state index contributed by atoms with van der Waals surface area (Å²) in [6.07, 6.45) is 0. The molecule has 0 saturated carbocycles. The molecule has 0 saturated heterocycles. The molecule has 0 aliphatic carbocycles. The lowest BCUT2D eigenvalue weighted by atomic mass is 10.4. The molecule has 0 N–H and O–H groups in total. The first-order chi connectivity index (χ1) is 14.4. The lowest BCUT2D eigenvalue weighted by Gasteiger charge is -2.25. The van der Waals surface area contributed by atoms with E-state index < -0.39 is 24.2 Å². The fourth-order valence-corrected chi connectivity index (χ4v) is 21.9. The molecule has 0 bridgehead atoms. The highest BCUT2D eigenvalue weighted by Crippen LogP contribution is 2.44. The number of hydrogen-bond acceptors (Lipinski definition) is 4. The van der Waals surface area contributed by atoms with Gasteiger partial charge in [-0.05, 0) is 55.7 Å². The van der Waals surface area contributed by atoms with Crippen molar-refractivity contribution in [1.29, 1.82) is 0 Å². The van der Waals surface area contributed by atoms with Gasteiger partial charge in [0.25, 0.3) is 0 Å². The van der Waals surface area contributed by atoms with Crippen molar-refractivity contribution < 1.29 is 0 Å². The molecule has 4 aromatic heterocycles. The van der Waals surface area contributed by atoms with Crippen LogP contribution in [-0.2, 0) is 0 Å². The smallest absolute Gasteiger partial charge is 0.144 e. The van der Waals surface area contributed by atoms with E-state index in [1.54, 1.807) is 49.3 Å². The lowest BCUT2D eigenvalue weighted by molar-refractivity contribution is 1.65. The average molecular weight is 529 g/mol. The highest BCUT2D eigenvalue weighted by Gasteiger charge is 2.57. The Labute approximate surface area is 204 Å². The molecule has 4 aromatic rings. The van der Waals surface area contributed by atoms with Gasteiger partial charge in [-0.2, -0.15) is 0 Å². The maximum Gasteiger partial charge on any atom is 0.185 e. The number of rotatable bonds is 2. The summed E-state index contributed by atoms with van der Waals surface area (Å²) in [7, 11) is -4.85. The predicted molar refractivity (Wildman–Crippen MR) is 155 cm³/mol. The second-order valence-electron chi connectivity index (χ2n) is 11.2. The minimum Gasteiger partial charge on any atom is -0.144 e. The molecule has 7 heteroatoms. The monoisotopic (exact) mass is 528 g/mol. The standard InChI is InChI=1S/C24H28S4Si3/c1-13-9-15-21(25-13)23-17(11-19(27-23)29(3,4)5)31(15)16-10-14(2)26-22(16)24-18(31)12-20(28-24)30(6,7)8/h9-12H,1-8H3. The van der Waals surface area contributed by atoms with Gasteiger partial charge >= 0.3 is 0 Å². The third-order valence-electron chi connectivity index (χ3n) is 6.68. The molecule has 0 radical (unpaired) electrons. The molecule has 0 amide bonds. The van der Waals surface area contributed by atoms with Crippen LogP contribution in [-0.4, -0.2) is 24.2 Å². The summed E-state index contributed by atoms with van der Waals surface area (Å²) in [4.78, 5) is 9.43. The molecule has 0 atom stereocenters. The van der Waals surface area contributed by atoms with E-state index in [0.717, 1.165) is 0 Å². The van der Waals surface area contributed by atoms with E-state index in [4.69, 9.17) is 0 Å². The molecule has 1 spiro atoms. The van der Waals surface area contributed by atoms with E-state index >= 15 is 0 Å². The Kier molecular flexibility index (Phi) is 4.28. The minimum atomic E-state index is -2.14. The third-order valence-corrected chi connectivity index (χ3v) is 24.1. The van der Waals surface area contributed by atoms with Gasteiger partial charge in [-0.15, -0.1) is 45.3 Å². The Morgan fingerprint density at radius 3 is 1.19 bits per heavy atom. The number of hydrogen-bond donors (Lipinski definition) is 0. The van der Waals surface area contributed by atoms with Crippen LogP contribution in [0.15, 0.2) is 24.3 Å². The summed E-state index contributed by atoms with van der Waals surface area (Å²) in [6, 6.07) is 10.5. The minimum absolute atomic E-state index is 1.35. The van der Waals surface area contributed by atoms with Crippen LogP contribution in [0.2, 0.25) is 39.3 Å². The van der Waals surface area contributed by atoms with E-state index in [0.29, 0.717) is 0 Å². The molecule has 31 heavy (non-hydrogen) atoms. The van der Waals surface area contributed by atoms with E-state index in [-0.39, 0.29) is 0 Å². The van der Waals surface area contributed by atoms with E-state index in [1.165, 1.54) is 9.75 Å². The van der Waals surface area contributed by atoms with Gasteiger partial charge in [0.2, 0.25) is 0 Å². The van der Waals surface area contributed by atoms with Crippen molar-refractivity contribution >= 4 is 99.3 Å². The second-order valence-corrected chi connectivity index (χ2v) is 30.2. The molecule has 0 aromatic carbocycles. The average Bonchev–Trinajstić information content (AvgIpc) is 3.39. The van der Waals surface area contributed by atoms with Crippen molar-refractivity contribution in [3.8, 4) is 19.5 Å². The maximum absolute atomic E-state index is 2.69. The van der Waals surface area contributed by atoms with Crippen LogP contribution in [0.25, 0.3) is 19.5 Å². The zero-order chi connectivity index (χ0) is 22.1. The van der Waals surface area contributed by atoms with Gasteiger partial charge in [-0.3, -0.25) is 0 Å². The van der Waals surface area contributed by atoms with Crippen LogP contribution < -0.4 is 29.7 Å². The summed E-state index contributed by atoms with van der Waals surface area (Å²) in [5, 5.41) is 6.87. The third kappa shape index (κ3) is 2.65.